The molecule has 0 amide bonds. The number of para-hydroxylation sites is 1. The molecular weight excluding hydrogens is 242 g/mol. The van der Waals surface area contributed by atoms with Gasteiger partial charge < -0.3 is 15.0 Å². The Morgan fingerprint density at radius 3 is 2.95 bits per heavy atom. The van der Waals surface area contributed by atoms with Crippen molar-refractivity contribution in [3.63, 3.8) is 0 Å². The summed E-state index contributed by atoms with van der Waals surface area (Å²) < 4.78 is 10.9. The fourth-order valence-corrected chi connectivity index (χ4v) is 1.95. The normalized spacial score (nSPS) is 16.3. The van der Waals surface area contributed by atoms with Gasteiger partial charge in [0, 0.05) is 17.5 Å². The van der Waals surface area contributed by atoms with Gasteiger partial charge in [-0.1, -0.05) is 23.4 Å². The van der Waals surface area contributed by atoms with Crippen molar-refractivity contribution in [2.45, 2.75) is 38.3 Å². The van der Waals surface area contributed by atoms with E-state index in [1.807, 2.05) is 31.2 Å². The fraction of sp³-hybridized carbons (Fsp3) is 0.429. The molecule has 5 heteroatoms. The lowest BCUT2D eigenvalue weighted by Crippen LogP contribution is -2.08. The minimum atomic E-state index is -0.0662. The van der Waals surface area contributed by atoms with Crippen molar-refractivity contribution in [1.29, 1.82) is 0 Å². The first-order valence-corrected chi connectivity index (χ1v) is 6.54. The number of benzene rings is 1. The van der Waals surface area contributed by atoms with Crippen LogP contribution in [0.1, 0.15) is 49.0 Å². The minimum absolute atomic E-state index is 0.0662. The third kappa shape index (κ3) is 2.76. The van der Waals surface area contributed by atoms with Gasteiger partial charge in [-0.05, 0) is 25.8 Å². The highest BCUT2D eigenvalue weighted by molar-refractivity contribution is 5.35. The molecule has 0 saturated heterocycles. The van der Waals surface area contributed by atoms with Gasteiger partial charge in [-0.3, -0.25) is 0 Å². The number of nitrogens with two attached hydrogens (primary N) is 1. The van der Waals surface area contributed by atoms with Crippen LogP contribution in [0.2, 0.25) is 0 Å². The van der Waals surface area contributed by atoms with Gasteiger partial charge in [-0.2, -0.15) is 4.98 Å². The first-order chi connectivity index (χ1) is 9.24. The maximum atomic E-state index is 5.91. The summed E-state index contributed by atoms with van der Waals surface area (Å²) in [7, 11) is 0. The van der Waals surface area contributed by atoms with E-state index in [9.17, 15) is 0 Å². The van der Waals surface area contributed by atoms with E-state index >= 15 is 0 Å². The maximum Gasteiger partial charge on any atom is 0.229 e. The van der Waals surface area contributed by atoms with Crippen molar-refractivity contribution in [2.24, 2.45) is 5.73 Å². The molecule has 2 N–H and O–H groups in total. The molecule has 1 heterocycles. The van der Waals surface area contributed by atoms with Crippen molar-refractivity contribution in [1.82, 2.24) is 10.1 Å². The molecule has 1 aliphatic rings. The van der Waals surface area contributed by atoms with Crippen LogP contribution in [0.4, 0.5) is 0 Å². The molecule has 0 radical (unpaired) electrons. The molecule has 0 aliphatic heterocycles. The molecule has 1 aromatic heterocycles. The predicted molar refractivity (Wildman–Crippen MR) is 69.6 cm³/mol. The Kier molecular flexibility index (Phi) is 3.21. The Morgan fingerprint density at radius 1 is 1.42 bits per heavy atom. The molecule has 1 saturated carbocycles. The van der Waals surface area contributed by atoms with Crippen LogP contribution in [-0.2, 0) is 6.61 Å². The first kappa shape index (κ1) is 12.2. The Labute approximate surface area is 111 Å². The molecule has 1 atom stereocenters. The van der Waals surface area contributed by atoms with Gasteiger partial charge in [-0.25, -0.2) is 0 Å². The number of ether oxygens (including phenoxy) is 1. The Hall–Kier alpha value is -1.88. The van der Waals surface area contributed by atoms with E-state index in [-0.39, 0.29) is 6.04 Å². The second kappa shape index (κ2) is 5.01. The second-order valence-corrected chi connectivity index (χ2v) is 4.94. The van der Waals surface area contributed by atoms with Crippen LogP contribution in [0.15, 0.2) is 28.8 Å². The fourth-order valence-electron chi connectivity index (χ4n) is 1.95. The van der Waals surface area contributed by atoms with Crippen molar-refractivity contribution in [3.8, 4) is 5.75 Å². The van der Waals surface area contributed by atoms with E-state index in [1.54, 1.807) is 0 Å². The van der Waals surface area contributed by atoms with E-state index in [1.165, 1.54) is 0 Å². The standard InChI is InChI=1S/C14H17N3O2/c1-9(15)11-4-2-3-5-12(11)18-8-13-16-14(19-17-13)10-6-7-10/h2-5,9-10H,6-8,15H2,1H3/t9-/m1/s1. The molecule has 100 valence electrons. The second-order valence-electron chi connectivity index (χ2n) is 4.94. The summed E-state index contributed by atoms with van der Waals surface area (Å²) in [5.41, 5.74) is 6.89. The van der Waals surface area contributed by atoms with Crippen LogP contribution in [0, 0.1) is 0 Å². The quantitative estimate of drug-likeness (QED) is 0.893. The molecule has 19 heavy (non-hydrogen) atoms. The summed E-state index contributed by atoms with van der Waals surface area (Å²) in [5, 5.41) is 3.92. The third-order valence-corrected chi connectivity index (χ3v) is 3.18. The molecule has 0 bridgehead atoms. The lowest BCUT2D eigenvalue weighted by molar-refractivity contribution is 0.281. The van der Waals surface area contributed by atoms with Crippen LogP contribution < -0.4 is 10.5 Å². The van der Waals surface area contributed by atoms with E-state index in [0.717, 1.165) is 30.0 Å². The zero-order valence-electron chi connectivity index (χ0n) is 10.9. The summed E-state index contributed by atoms with van der Waals surface area (Å²) in [6, 6.07) is 7.67. The molecule has 1 fully saturated rings. The maximum absolute atomic E-state index is 5.91. The van der Waals surface area contributed by atoms with Gasteiger partial charge in [0.05, 0.1) is 0 Å². The molecular formula is C14H17N3O2. The molecule has 2 aromatic rings. The number of rotatable bonds is 5. The molecule has 3 rings (SSSR count). The van der Waals surface area contributed by atoms with Crippen molar-refractivity contribution in [2.75, 3.05) is 0 Å². The summed E-state index contributed by atoms with van der Waals surface area (Å²) in [5.74, 6) is 2.56. The van der Waals surface area contributed by atoms with Crippen LogP contribution in [-0.4, -0.2) is 10.1 Å². The lowest BCUT2D eigenvalue weighted by atomic mass is 10.1. The average molecular weight is 259 g/mol. The highest BCUT2D eigenvalue weighted by atomic mass is 16.5. The van der Waals surface area contributed by atoms with E-state index in [2.05, 4.69) is 10.1 Å². The smallest absolute Gasteiger partial charge is 0.229 e. The SMILES string of the molecule is C[C@@H](N)c1ccccc1OCc1noc(C2CC2)n1. The Balaban J connectivity index is 1.67. The zero-order chi connectivity index (χ0) is 13.2. The van der Waals surface area contributed by atoms with Crippen molar-refractivity contribution in [3.05, 3.63) is 41.5 Å². The summed E-state index contributed by atoms with van der Waals surface area (Å²) in [4.78, 5) is 4.33. The van der Waals surface area contributed by atoms with Gasteiger partial charge in [0.1, 0.15) is 5.75 Å². The lowest BCUT2D eigenvalue weighted by Gasteiger charge is -2.12. The topological polar surface area (TPSA) is 74.2 Å². The van der Waals surface area contributed by atoms with E-state index in [0.29, 0.717) is 18.3 Å². The zero-order valence-corrected chi connectivity index (χ0v) is 10.9. The highest BCUT2D eigenvalue weighted by Gasteiger charge is 2.29. The van der Waals surface area contributed by atoms with Gasteiger partial charge in [-0.15, -0.1) is 0 Å². The van der Waals surface area contributed by atoms with Crippen LogP contribution in [0.25, 0.3) is 0 Å². The molecule has 5 nitrogen and oxygen atoms in total. The number of hydrogen-bond acceptors (Lipinski definition) is 5. The molecule has 0 spiro atoms. The van der Waals surface area contributed by atoms with E-state index in [4.69, 9.17) is 15.0 Å². The number of hydrogen-bond donors (Lipinski definition) is 1. The largest absolute Gasteiger partial charge is 0.485 e. The first-order valence-electron chi connectivity index (χ1n) is 6.54. The van der Waals surface area contributed by atoms with Gasteiger partial charge in [0.15, 0.2) is 6.61 Å². The van der Waals surface area contributed by atoms with Crippen molar-refractivity contribution < 1.29 is 9.26 Å². The van der Waals surface area contributed by atoms with Gasteiger partial charge >= 0.3 is 0 Å². The third-order valence-electron chi connectivity index (χ3n) is 3.18. The molecule has 0 unspecified atom stereocenters. The molecule has 1 aliphatic carbocycles. The highest BCUT2D eigenvalue weighted by Crippen LogP contribution is 2.38. The summed E-state index contributed by atoms with van der Waals surface area (Å²) >= 11 is 0. The van der Waals surface area contributed by atoms with Gasteiger partial charge in [0.25, 0.3) is 0 Å². The van der Waals surface area contributed by atoms with Crippen molar-refractivity contribution >= 4 is 0 Å². The van der Waals surface area contributed by atoms with E-state index < -0.39 is 0 Å². The Morgan fingerprint density at radius 2 is 2.21 bits per heavy atom. The molecule has 1 aromatic carbocycles. The van der Waals surface area contributed by atoms with Crippen LogP contribution in [0.5, 0.6) is 5.75 Å². The van der Waals surface area contributed by atoms with Crippen LogP contribution >= 0.6 is 0 Å². The minimum Gasteiger partial charge on any atom is -0.485 e. The summed E-state index contributed by atoms with van der Waals surface area (Å²) in [6.07, 6.45) is 2.30. The monoisotopic (exact) mass is 259 g/mol. The summed E-state index contributed by atoms with van der Waals surface area (Å²) in [6.45, 7) is 2.24. The Bertz CT molecular complexity index is 561. The van der Waals surface area contributed by atoms with Crippen LogP contribution in [0.3, 0.4) is 0 Å². The average Bonchev–Trinajstić information content (AvgIpc) is 3.16. The predicted octanol–water partition coefficient (Wildman–Crippen LogP) is 2.55. The number of aromatic nitrogens is 2. The van der Waals surface area contributed by atoms with Gasteiger partial charge in [0.2, 0.25) is 11.7 Å². The number of nitrogens with zero attached hydrogens (tertiary/aromatic N) is 2.